The number of aromatic nitrogens is 4. The zero-order valence-corrected chi connectivity index (χ0v) is 12.3. The second-order valence-electron chi connectivity index (χ2n) is 4.90. The van der Waals surface area contributed by atoms with Gasteiger partial charge in [-0.05, 0) is 24.2 Å². The number of fused-ring (bicyclic) bond motifs is 1. The van der Waals surface area contributed by atoms with Crippen LogP contribution in [0.5, 0.6) is 0 Å². The van der Waals surface area contributed by atoms with Gasteiger partial charge in [0.1, 0.15) is 5.65 Å². The van der Waals surface area contributed by atoms with Gasteiger partial charge in [-0.15, -0.1) is 0 Å². The third-order valence-corrected chi connectivity index (χ3v) is 3.41. The van der Waals surface area contributed by atoms with Crippen LogP contribution >= 0.6 is 0 Å². The first kappa shape index (κ1) is 13.8. The number of nitrogens with zero attached hydrogens (tertiary/aromatic N) is 4. The van der Waals surface area contributed by atoms with E-state index in [1.165, 1.54) is 5.56 Å². The van der Waals surface area contributed by atoms with Crippen molar-refractivity contribution in [3.8, 4) is 0 Å². The summed E-state index contributed by atoms with van der Waals surface area (Å²) in [6.07, 6.45) is 4.68. The summed E-state index contributed by atoms with van der Waals surface area (Å²) in [5.74, 6) is 1.35. The van der Waals surface area contributed by atoms with E-state index in [0.717, 1.165) is 30.5 Å². The summed E-state index contributed by atoms with van der Waals surface area (Å²) in [6.45, 7) is 6.44. The van der Waals surface area contributed by atoms with Crippen LogP contribution in [0.15, 0.2) is 29.0 Å². The molecule has 0 unspecified atom stereocenters. The molecule has 110 valence electrons. The highest BCUT2D eigenvalue weighted by Crippen LogP contribution is 2.20. The number of nitrogens with one attached hydrogen (secondary N) is 1. The summed E-state index contributed by atoms with van der Waals surface area (Å²) >= 11 is 0. The molecular weight excluding hydrogens is 266 g/mol. The van der Waals surface area contributed by atoms with Gasteiger partial charge in [0.2, 0.25) is 5.89 Å². The minimum absolute atomic E-state index is 0.573. The van der Waals surface area contributed by atoms with Gasteiger partial charge in [-0.2, -0.15) is 4.98 Å². The highest BCUT2D eigenvalue weighted by molar-refractivity contribution is 5.80. The van der Waals surface area contributed by atoms with Gasteiger partial charge in [-0.1, -0.05) is 19.0 Å². The standard InChI is InChI=1S/C15H19N5O/c1-3-14-18-13(19-21-14)10-20-9-11(8-16-4-2)12-6-5-7-17-15(12)20/h5-7,9,16H,3-4,8,10H2,1-2H3. The van der Waals surface area contributed by atoms with Gasteiger partial charge in [0.05, 0.1) is 6.54 Å². The Hall–Kier alpha value is -2.21. The predicted molar refractivity (Wildman–Crippen MR) is 79.9 cm³/mol. The van der Waals surface area contributed by atoms with Crippen molar-refractivity contribution in [3.63, 3.8) is 0 Å². The first-order valence-electron chi connectivity index (χ1n) is 7.26. The van der Waals surface area contributed by atoms with E-state index in [2.05, 4.69) is 44.2 Å². The van der Waals surface area contributed by atoms with Gasteiger partial charge in [-0.3, -0.25) is 0 Å². The van der Waals surface area contributed by atoms with Crippen LogP contribution in [0.3, 0.4) is 0 Å². The second kappa shape index (κ2) is 6.05. The molecule has 1 N–H and O–H groups in total. The third-order valence-electron chi connectivity index (χ3n) is 3.41. The summed E-state index contributed by atoms with van der Waals surface area (Å²) in [5, 5.41) is 8.53. The number of rotatable bonds is 6. The fourth-order valence-electron chi connectivity index (χ4n) is 2.37. The van der Waals surface area contributed by atoms with Gasteiger partial charge in [0.25, 0.3) is 0 Å². The summed E-state index contributed by atoms with van der Waals surface area (Å²) in [5.41, 5.74) is 2.19. The maximum atomic E-state index is 5.16. The van der Waals surface area contributed by atoms with Crippen LogP contribution in [0.4, 0.5) is 0 Å². The topological polar surface area (TPSA) is 68.8 Å². The summed E-state index contributed by atoms with van der Waals surface area (Å²) < 4.78 is 7.24. The molecule has 0 bridgehead atoms. The van der Waals surface area contributed by atoms with E-state index >= 15 is 0 Å². The lowest BCUT2D eigenvalue weighted by molar-refractivity contribution is 0.375. The minimum atomic E-state index is 0.573. The normalized spacial score (nSPS) is 11.3. The van der Waals surface area contributed by atoms with Crippen molar-refractivity contribution in [1.82, 2.24) is 25.0 Å². The fourth-order valence-corrected chi connectivity index (χ4v) is 2.37. The van der Waals surface area contributed by atoms with Crippen molar-refractivity contribution < 1.29 is 4.52 Å². The smallest absolute Gasteiger partial charge is 0.226 e. The molecule has 3 aromatic rings. The van der Waals surface area contributed by atoms with Gasteiger partial charge < -0.3 is 14.4 Å². The van der Waals surface area contributed by atoms with Crippen LogP contribution < -0.4 is 5.32 Å². The van der Waals surface area contributed by atoms with Gasteiger partial charge in [-0.25, -0.2) is 4.98 Å². The SMILES string of the molecule is CCNCc1cn(Cc2noc(CC)n2)c2ncccc12. The molecule has 3 rings (SSSR count). The van der Waals surface area contributed by atoms with E-state index in [4.69, 9.17) is 4.52 Å². The highest BCUT2D eigenvalue weighted by atomic mass is 16.5. The van der Waals surface area contributed by atoms with Gasteiger partial charge >= 0.3 is 0 Å². The number of aryl methyl sites for hydroxylation is 1. The van der Waals surface area contributed by atoms with E-state index in [9.17, 15) is 0 Å². The Balaban J connectivity index is 1.93. The molecule has 6 nitrogen and oxygen atoms in total. The zero-order chi connectivity index (χ0) is 14.7. The van der Waals surface area contributed by atoms with E-state index in [1.807, 2.05) is 19.2 Å². The molecule has 0 aliphatic rings. The van der Waals surface area contributed by atoms with E-state index < -0.39 is 0 Å². The highest BCUT2D eigenvalue weighted by Gasteiger charge is 2.12. The molecule has 21 heavy (non-hydrogen) atoms. The molecule has 0 radical (unpaired) electrons. The average molecular weight is 285 g/mol. The van der Waals surface area contributed by atoms with Crippen LogP contribution in [0.25, 0.3) is 11.0 Å². The molecular formula is C15H19N5O. The molecule has 0 spiro atoms. The zero-order valence-electron chi connectivity index (χ0n) is 12.3. The first-order chi connectivity index (χ1) is 10.3. The lowest BCUT2D eigenvalue weighted by Crippen LogP contribution is -2.11. The van der Waals surface area contributed by atoms with Crippen molar-refractivity contribution in [2.75, 3.05) is 6.54 Å². The Morgan fingerprint density at radius 2 is 2.24 bits per heavy atom. The van der Waals surface area contributed by atoms with Gasteiger partial charge in [0.15, 0.2) is 5.82 Å². The summed E-state index contributed by atoms with van der Waals surface area (Å²) in [7, 11) is 0. The maximum Gasteiger partial charge on any atom is 0.226 e. The van der Waals surface area contributed by atoms with Crippen LogP contribution in [-0.4, -0.2) is 26.2 Å². The van der Waals surface area contributed by atoms with Crippen molar-refractivity contribution >= 4 is 11.0 Å². The van der Waals surface area contributed by atoms with Gasteiger partial charge in [0, 0.05) is 30.7 Å². The molecule has 0 saturated carbocycles. The second-order valence-corrected chi connectivity index (χ2v) is 4.90. The monoisotopic (exact) mass is 285 g/mol. The van der Waals surface area contributed by atoms with Crippen molar-refractivity contribution in [2.45, 2.75) is 33.4 Å². The Bertz CT molecular complexity index is 731. The van der Waals surface area contributed by atoms with Crippen molar-refractivity contribution in [2.24, 2.45) is 0 Å². The lowest BCUT2D eigenvalue weighted by atomic mass is 10.2. The molecule has 0 fully saturated rings. The molecule has 3 heterocycles. The van der Waals surface area contributed by atoms with E-state index in [0.29, 0.717) is 18.3 Å². The Labute approximate surface area is 123 Å². The van der Waals surface area contributed by atoms with Crippen LogP contribution in [-0.2, 0) is 19.5 Å². The van der Waals surface area contributed by atoms with Crippen molar-refractivity contribution in [1.29, 1.82) is 0 Å². The van der Waals surface area contributed by atoms with Crippen LogP contribution in [0.1, 0.15) is 31.1 Å². The quantitative estimate of drug-likeness (QED) is 0.751. The largest absolute Gasteiger partial charge is 0.339 e. The Morgan fingerprint density at radius 1 is 1.33 bits per heavy atom. The van der Waals surface area contributed by atoms with Crippen LogP contribution in [0.2, 0.25) is 0 Å². The molecule has 0 aliphatic heterocycles. The molecule has 0 atom stereocenters. The van der Waals surface area contributed by atoms with E-state index in [-0.39, 0.29) is 0 Å². The van der Waals surface area contributed by atoms with Crippen molar-refractivity contribution in [3.05, 3.63) is 41.8 Å². The molecule has 0 saturated heterocycles. The molecule has 0 amide bonds. The summed E-state index contributed by atoms with van der Waals surface area (Å²) in [4.78, 5) is 8.84. The van der Waals surface area contributed by atoms with Crippen LogP contribution in [0, 0.1) is 0 Å². The Kier molecular flexibility index (Phi) is 3.96. The molecule has 0 aliphatic carbocycles. The Morgan fingerprint density at radius 3 is 3.00 bits per heavy atom. The molecule has 6 heteroatoms. The number of pyridine rings is 1. The predicted octanol–water partition coefficient (Wildman–Crippen LogP) is 2.14. The first-order valence-corrected chi connectivity index (χ1v) is 7.26. The number of hydrogen-bond acceptors (Lipinski definition) is 5. The lowest BCUT2D eigenvalue weighted by Gasteiger charge is -1.99. The minimum Gasteiger partial charge on any atom is -0.339 e. The van der Waals surface area contributed by atoms with E-state index in [1.54, 1.807) is 0 Å². The third kappa shape index (κ3) is 2.80. The summed E-state index contributed by atoms with van der Waals surface area (Å²) in [6, 6.07) is 4.06. The maximum absolute atomic E-state index is 5.16. The molecule has 0 aromatic carbocycles. The average Bonchev–Trinajstić information content (AvgIpc) is 3.11. The number of hydrogen-bond donors (Lipinski definition) is 1. The molecule has 3 aromatic heterocycles. The fraction of sp³-hybridized carbons (Fsp3) is 0.400.